The van der Waals surface area contributed by atoms with Gasteiger partial charge in [0.2, 0.25) is 0 Å². The largest absolute Gasteiger partial charge is 0.369 e. The fourth-order valence-corrected chi connectivity index (χ4v) is 2.11. The van der Waals surface area contributed by atoms with Crippen molar-refractivity contribution >= 4 is 11.5 Å². The standard InChI is InChI=1S/C13H16FNO/c1-10(16)11-5-6-12(14)13(9-11)15-7-3-2-4-8-15/h5-6,9H,2-4,7-8H2,1H3. The molecule has 16 heavy (non-hydrogen) atoms. The zero-order valence-corrected chi connectivity index (χ0v) is 9.50. The van der Waals surface area contributed by atoms with Gasteiger partial charge in [-0.1, -0.05) is 0 Å². The van der Waals surface area contributed by atoms with Crippen LogP contribution < -0.4 is 4.90 Å². The Hall–Kier alpha value is -1.38. The molecule has 2 rings (SSSR count). The first kappa shape index (κ1) is 11.1. The lowest BCUT2D eigenvalue weighted by atomic mass is 10.1. The summed E-state index contributed by atoms with van der Waals surface area (Å²) in [6, 6.07) is 4.61. The Morgan fingerprint density at radius 3 is 2.56 bits per heavy atom. The summed E-state index contributed by atoms with van der Waals surface area (Å²) in [5.74, 6) is -0.245. The molecule has 0 atom stereocenters. The average molecular weight is 221 g/mol. The van der Waals surface area contributed by atoms with Crippen LogP contribution in [0.5, 0.6) is 0 Å². The van der Waals surface area contributed by atoms with Crippen LogP contribution in [0.3, 0.4) is 0 Å². The highest BCUT2D eigenvalue weighted by Crippen LogP contribution is 2.24. The van der Waals surface area contributed by atoms with Gasteiger partial charge in [0.1, 0.15) is 5.82 Å². The number of carbonyl (C=O) groups is 1. The van der Waals surface area contributed by atoms with Crippen LogP contribution >= 0.6 is 0 Å². The lowest BCUT2D eigenvalue weighted by Crippen LogP contribution is -2.30. The topological polar surface area (TPSA) is 20.3 Å². The summed E-state index contributed by atoms with van der Waals surface area (Å²) < 4.78 is 13.7. The Bertz CT molecular complexity index is 397. The molecule has 0 spiro atoms. The summed E-state index contributed by atoms with van der Waals surface area (Å²) in [4.78, 5) is 13.3. The molecule has 0 radical (unpaired) electrons. The summed E-state index contributed by atoms with van der Waals surface area (Å²) in [5, 5.41) is 0. The molecule has 1 fully saturated rings. The fourth-order valence-electron chi connectivity index (χ4n) is 2.11. The van der Waals surface area contributed by atoms with Crippen molar-refractivity contribution in [3.63, 3.8) is 0 Å². The van der Waals surface area contributed by atoms with Gasteiger partial charge < -0.3 is 4.90 Å². The number of nitrogens with zero attached hydrogens (tertiary/aromatic N) is 1. The first-order chi connectivity index (χ1) is 7.68. The van der Waals surface area contributed by atoms with E-state index in [1.54, 1.807) is 12.1 Å². The number of carbonyl (C=O) groups excluding carboxylic acids is 1. The van der Waals surface area contributed by atoms with Gasteiger partial charge in [0.15, 0.2) is 5.78 Å². The minimum Gasteiger partial charge on any atom is -0.369 e. The summed E-state index contributed by atoms with van der Waals surface area (Å²) in [5.41, 5.74) is 1.16. The van der Waals surface area contributed by atoms with E-state index >= 15 is 0 Å². The van der Waals surface area contributed by atoms with Crippen LogP contribution in [0.25, 0.3) is 0 Å². The molecular formula is C13H16FNO. The molecule has 1 aromatic rings. The molecular weight excluding hydrogens is 205 g/mol. The van der Waals surface area contributed by atoms with Gasteiger partial charge in [-0.2, -0.15) is 0 Å². The Morgan fingerprint density at radius 2 is 1.94 bits per heavy atom. The van der Waals surface area contributed by atoms with Gasteiger partial charge in [-0.25, -0.2) is 4.39 Å². The molecule has 0 saturated carbocycles. The average Bonchev–Trinajstić information content (AvgIpc) is 2.30. The van der Waals surface area contributed by atoms with E-state index in [4.69, 9.17) is 0 Å². The van der Waals surface area contributed by atoms with Crippen molar-refractivity contribution in [2.24, 2.45) is 0 Å². The molecule has 0 aliphatic carbocycles. The van der Waals surface area contributed by atoms with Gasteiger partial charge in [-0.05, 0) is 44.4 Å². The van der Waals surface area contributed by atoms with Crippen LogP contribution in [0.1, 0.15) is 36.5 Å². The van der Waals surface area contributed by atoms with Crippen molar-refractivity contribution in [3.8, 4) is 0 Å². The minimum absolute atomic E-state index is 0.0155. The third-order valence-corrected chi connectivity index (χ3v) is 3.05. The number of hydrogen-bond donors (Lipinski definition) is 0. The summed E-state index contributed by atoms with van der Waals surface area (Å²) in [7, 11) is 0. The maximum atomic E-state index is 13.7. The maximum absolute atomic E-state index is 13.7. The van der Waals surface area contributed by atoms with E-state index < -0.39 is 0 Å². The third-order valence-electron chi connectivity index (χ3n) is 3.05. The number of ketones is 1. The quantitative estimate of drug-likeness (QED) is 0.715. The summed E-state index contributed by atoms with van der Waals surface area (Å²) >= 11 is 0. The first-order valence-electron chi connectivity index (χ1n) is 5.74. The number of halogens is 1. The number of Topliss-reactive ketones (excluding diaryl/α,β-unsaturated/α-hetero) is 1. The molecule has 86 valence electrons. The summed E-state index contributed by atoms with van der Waals surface area (Å²) in [6.45, 7) is 3.28. The third kappa shape index (κ3) is 2.23. The van der Waals surface area contributed by atoms with Crippen LogP contribution in [-0.4, -0.2) is 18.9 Å². The van der Waals surface area contributed by atoms with E-state index in [1.165, 1.54) is 19.4 Å². The molecule has 1 saturated heterocycles. The van der Waals surface area contributed by atoms with E-state index in [-0.39, 0.29) is 11.6 Å². The number of rotatable bonds is 2. The Kier molecular flexibility index (Phi) is 3.22. The highest BCUT2D eigenvalue weighted by atomic mass is 19.1. The number of anilines is 1. The van der Waals surface area contributed by atoms with Crippen molar-refractivity contribution in [3.05, 3.63) is 29.6 Å². The second-order valence-electron chi connectivity index (χ2n) is 4.27. The van der Waals surface area contributed by atoms with E-state index in [9.17, 15) is 9.18 Å². The normalized spacial score (nSPS) is 16.2. The second-order valence-corrected chi connectivity index (χ2v) is 4.27. The Balaban J connectivity index is 2.30. The van der Waals surface area contributed by atoms with E-state index in [2.05, 4.69) is 0 Å². The monoisotopic (exact) mass is 221 g/mol. The SMILES string of the molecule is CC(=O)c1ccc(F)c(N2CCCCC2)c1. The predicted molar refractivity (Wildman–Crippen MR) is 62.5 cm³/mol. The minimum atomic E-state index is -0.230. The molecule has 1 aliphatic heterocycles. The maximum Gasteiger partial charge on any atom is 0.159 e. The van der Waals surface area contributed by atoms with E-state index in [0.717, 1.165) is 25.9 Å². The van der Waals surface area contributed by atoms with Gasteiger partial charge >= 0.3 is 0 Å². The van der Waals surface area contributed by atoms with Crippen LogP contribution in [-0.2, 0) is 0 Å². The van der Waals surface area contributed by atoms with Crippen molar-refractivity contribution in [1.82, 2.24) is 0 Å². The molecule has 0 amide bonds. The van der Waals surface area contributed by atoms with Crippen LogP contribution in [0, 0.1) is 5.82 Å². The van der Waals surface area contributed by atoms with Crippen LogP contribution in [0.4, 0.5) is 10.1 Å². The van der Waals surface area contributed by atoms with Crippen molar-refractivity contribution in [1.29, 1.82) is 0 Å². The summed E-state index contributed by atoms with van der Waals surface area (Å²) in [6.07, 6.45) is 3.41. The lowest BCUT2D eigenvalue weighted by molar-refractivity contribution is 0.101. The van der Waals surface area contributed by atoms with Gasteiger partial charge in [0, 0.05) is 18.7 Å². The van der Waals surface area contributed by atoms with Crippen LogP contribution in [0.2, 0.25) is 0 Å². The molecule has 0 bridgehead atoms. The highest BCUT2D eigenvalue weighted by molar-refractivity contribution is 5.95. The fraction of sp³-hybridized carbons (Fsp3) is 0.462. The molecule has 1 aliphatic rings. The Morgan fingerprint density at radius 1 is 1.25 bits per heavy atom. The van der Waals surface area contributed by atoms with Gasteiger partial charge in [0.25, 0.3) is 0 Å². The zero-order chi connectivity index (χ0) is 11.5. The number of piperidine rings is 1. The van der Waals surface area contributed by atoms with Crippen molar-refractivity contribution < 1.29 is 9.18 Å². The number of hydrogen-bond acceptors (Lipinski definition) is 2. The van der Waals surface area contributed by atoms with Gasteiger partial charge in [-0.3, -0.25) is 4.79 Å². The highest BCUT2D eigenvalue weighted by Gasteiger charge is 2.15. The van der Waals surface area contributed by atoms with Gasteiger partial charge in [0.05, 0.1) is 5.69 Å². The first-order valence-corrected chi connectivity index (χ1v) is 5.74. The molecule has 1 heterocycles. The molecule has 0 aromatic heterocycles. The molecule has 0 N–H and O–H groups in total. The molecule has 3 heteroatoms. The van der Waals surface area contributed by atoms with Crippen molar-refractivity contribution in [2.75, 3.05) is 18.0 Å². The second kappa shape index (κ2) is 4.64. The molecule has 0 unspecified atom stereocenters. The lowest BCUT2D eigenvalue weighted by Gasteiger charge is -2.29. The molecule has 2 nitrogen and oxygen atoms in total. The predicted octanol–water partition coefficient (Wildman–Crippen LogP) is 3.02. The van der Waals surface area contributed by atoms with Crippen LogP contribution in [0.15, 0.2) is 18.2 Å². The Labute approximate surface area is 95.1 Å². The van der Waals surface area contributed by atoms with Crippen molar-refractivity contribution in [2.45, 2.75) is 26.2 Å². The zero-order valence-electron chi connectivity index (χ0n) is 9.50. The molecule has 1 aromatic carbocycles. The van der Waals surface area contributed by atoms with E-state index in [1.807, 2.05) is 4.90 Å². The van der Waals surface area contributed by atoms with E-state index in [0.29, 0.717) is 11.3 Å². The number of benzene rings is 1. The van der Waals surface area contributed by atoms with Gasteiger partial charge in [-0.15, -0.1) is 0 Å². The smallest absolute Gasteiger partial charge is 0.159 e.